The van der Waals surface area contributed by atoms with E-state index < -0.39 is 16.9 Å². The molecule has 2 aromatic carbocycles. The number of rotatable bonds is 1. The van der Waals surface area contributed by atoms with Crippen molar-refractivity contribution < 1.29 is 19.7 Å². The summed E-state index contributed by atoms with van der Waals surface area (Å²) in [6.45, 7) is 9.62. The van der Waals surface area contributed by atoms with Gasteiger partial charge in [0, 0.05) is 0 Å². The fraction of sp³-hybridized carbons (Fsp3) is 0.250. The Morgan fingerprint density at radius 3 is 2.04 bits per heavy atom. The van der Waals surface area contributed by atoms with Crippen LogP contribution >= 0.6 is 0 Å². The number of hydrogen-bond donors (Lipinski definition) is 3. The number of para-hydroxylation sites is 1. The summed E-state index contributed by atoms with van der Waals surface area (Å²) in [4.78, 5) is 12.1. The number of phenolic OH excluding ortho intramolecular Hbond substituents is 2. The lowest BCUT2D eigenvalue weighted by Crippen LogP contribution is -2.02. The SMILES string of the molecule is CC.CC.Cc1ccc(-c2oc3ccccc3c(=O)c2O)c(O)c1O. The molecule has 0 saturated heterocycles. The largest absolute Gasteiger partial charge is 0.504 e. The van der Waals surface area contributed by atoms with Crippen LogP contribution in [0.4, 0.5) is 0 Å². The number of aromatic hydroxyl groups is 3. The van der Waals surface area contributed by atoms with Crippen LogP contribution in [0.1, 0.15) is 33.3 Å². The molecular weight excluding hydrogens is 320 g/mol. The summed E-state index contributed by atoms with van der Waals surface area (Å²) in [5.74, 6) is -1.54. The van der Waals surface area contributed by atoms with Gasteiger partial charge in [0.25, 0.3) is 0 Å². The molecule has 0 aliphatic heterocycles. The van der Waals surface area contributed by atoms with Crippen LogP contribution in [0.25, 0.3) is 22.3 Å². The average Bonchev–Trinajstić information content (AvgIpc) is 2.66. The van der Waals surface area contributed by atoms with Crippen molar-refractivity contribution in [2.75, 3.05) is 0 Å². The molecule has 0 radical (unpaired) electrons. The highest BCUT2D eigenvalue weighted by atomic mass is 16.4. The summed E-state index contributed by atoms with van der Waals surface area (Å²) < 4.78 is 5.51. The number of benzene rings is 2. The molecule has 5 nitrogen and oxygen atoms in total. The molecule has 3 aromatic rings. The van der Waals surface area contributed by atoms with Crippen LogP contribution in [0.15, 0.2) is 45.6 Å². The first-order valence-electron chi connectivity index (χ1n) is 8.27. The zero-order chi connectivity index (χ0) is 19.1. The van der Waals surface area contributed by atoms with Crippen LogP contribution in [0.5, 0.6) is 17.2 Å². The highest BCUT2D eigenvalue weighted by molar-refractivity contribution is 5.83. The third-order valence-corrected chi connectivity index (χ3v) is 3.37. The first kappa shape index (κ1) is 20.1. The summed E-state index contributed by atoms with van der Waals surface area (Å²) in [5.41, 5.74) is 0.221. The zero-order valence-electron chi connectivity index (χ0n) is 15.1. The molecule has 5 heteroatoms. The lowest BCUT2D eigenvalue weighted by Gasteiger charge is -2.09. The van der Waals surface area contributed by atoms with E-state index in [1.165, 1.54) is 12.1 Å². The molecule has 0 atom stereocenters. The molecule has 1 heterocycles. The van der Waals surface area contributed by atoms with Crippen LogP contribution in [0, 0.1) is 6.92 Å². The highest BCUT2D eigenvalue weighted by Gasteiger charge is 2.20. The van der Waals surface area contributed by atoms with Gasteiger partial charge in [-0.25, -0.2) is 0 Å². The van der Waals surface area contributed by atoms with Crippen molar-refractivity contribution in [1.82, 2.24) is 0 Å². The molecule has 25 heavy (non-hydrogen) atoms. The minimum absolute atomic E-state index is 0.0541. The predicted octanol–water partition coefficient (Wildman–Crippen LogP) is 4.94. The van der Waals surface area contributed by atoms with Gasteiger partial charge in [0.05, 0.1) is 10.9 Å². The number of hydrogen-bond acceptors (Lipinski definition) is 5. The second-order valence-corrected chi connectivity index (χ2v) is 4.73. The van der Waals surface area contributed by atoms with Gasteiger partial charge >= 0.3 is 0 Å². The maximum absolute atomic E-state index is 12.1. The van der Waals surface area contributed by atoms with Crippen molar-refractivity contribution in [2.45, 2.75) is 34.6 Å². The van der Waals surface area contributed by atoms with Crippen molar-refractivity contribution in [2.24, 2.45) is 0 Å². The smallest absolute Gasteiger partial charge is 0.235 e. The number of aryl methyl sites for hydroxylation is 1. The first-order chi connectivity index (χ1) is 12.0. The molecule has 134 valence electrons. The van der Waals surface area contributed by atoms with Crippen molar-refractivity contribution >= 4 is 11.0 Å². The normalized spacial score (nSPS) is 9.64. The van der Waals surface area contributed by atoms with E-state index in [1.54, 1.807) is 31.2 Å². The molecule has 0 aliphatic carbocycles. The van der Waals surface area contributed by atoms with Crippen molar-refractivity contribution in [1.29, 1.82) is 0 Å². The van der Waals surface area contributed by atoms with Gasteiger partial charge in [-0.15, -0.1) is 0 Å². The monoisotopic (exact) mass is 344 g/mol. The lowest BCUT2D eigenvalue weighted by molar-refractivity contribution is 0.399. The predicted molar refractivity (Wildman–Crippen MR) is 100 cm³/mol. The molecule has 1 aromatic heterocycles. The van der Waals surface area contributed by atoms with Crippen LogP contribution in [0.3, 0.4) is 0 Å². The molecule has 0 aliphatic rings. The fourth-order valence-electron chi connectivity index (χ4n) is 2.18. The molecular formula is C20H24O5. The Morgan fingerprint density at radius 2 is 1.40 bits per heavy atom. The van der Waals surface area contributed by atoms with Crippen LogP contribution in [-0.2, 0) is 0 Å². The van der Waals surface area contributed by atoms with Gasteiger partial charge in [0.15, 0.2) is 17.3 Å². The second kappa shape index (κ2) is 8.78. The lowest BCUT2D eigenvalue weighted by atomic mass is 10.1. The van der Waals surface area contributed by atoms with E-state index in [2.05, 4.69) is 0 Å². The molecule has 0 bridgehead atoms. The Hall–Kier alpha value is -2.95. The molecule has 3 rings (SSSR count). The molecule has 0 spiro atoms. The van der Waals surface area contributed by atoms with Gasteiger partial charge in [-0.2, -0.15) is 0 Å². The van der Waals surface area contributed by atoms with Crippen LogP contribution < -0.4 is 5.43 Å². The van der Waals surface area contributed by atoms with E-state index in [1.807, 2.05) is 27.7 Å². The third-order valence-electron chi connectivity index (χ3n) is 3.37. The van der Waals surface area contributed by atoms with Crippen molar-refractivity contribution in [3.8, 4) is 28.6 Å². The summed E-state index contributed by atoms with van der Waals surface area (Å²) >= 11 is 0. The van der Waals surface area contributed by atoms with E-state index >= 15 is 0 Å². The van der Waals surface area contributed by atoms with Crippen molar-refractivity contribution in [3.63, 3.8) is 0 Å². The Bertz CT molecular complexity index is 910. The summed E-state index contributed by atoms with van der Waals surface area (Å²) in [6.07, 6.45) is 0. The third kappa shape index (κ3) is 3.76. The van der Waals surface area contributed by atoms with Crippen molar-refractivity contribution in [3.05, 3.63) is 52.2 Å². The standard InChI is InChI=1S/C16H12O5.2C2H6/c1-8-6-7-10(14(19)12(8)17)16-15(20)13(18)9-4-2-3-5-11(9)21-16;2*1-2/h2-7,17,19-20H,1H3;2*1-2H3. The van der Waals surface area contributed by atoms with Gasteiger partial charge in [-0.1, -0.05) is 45.9 Å². The Kier molecular flexibility index (Phi) is 7.06. The Balaban J connectivity index is 0.000000730. The minimum Gasteiger partial charge on any atom is -0.504 e. The Morgan fingerprint density at radius 1 is 0.800 bits per heavy atom. The summed E-state index contributed by atoms with van der Waals surface area (Å²) in [7, 11) is 0. The van der Waals surface area contributed by atoms with Gasteiger partial charge in [0.1, 0.15) is 5.58 Å². The van der Waals surface area contributed by atoms with E-state index in [0.29, 0.717) is 5.56 Å². The van der Waals surface area contributed by atoms with E-state index in [-0.39, 0.29) is 28.0 Å². The van der Waals surface area contributed by atoms with Gasteiger partial charge in [-0.05, 0) is 30.7 Å². The van der Waals surface area contributed by atoms with E-state index in [9.17, 15) is 20.1 Å². The van der Waals surface area contributed by atoms with E-state index in [4.69, 9.17) is 4.42 Å². The fourth-order valence-corrected chi connectivity index (χ4v) is 2.18. The molecule has 0 amide bonds. The quantitative estimate of drug-likeness (QED) is 0.544. The summed E-state index contributed by atoms with van der Waals surface area (Å²) in [5, 5.41) is 30.0. The van der Waals surface area contributed by atoms with Crippen LogP contribution in [-0.4, -0.2) is 15.3 Å². The van der Waals surface area contributed by atoms with Gasteiger partial charge < -0.3 is 19.7 Å². The molecule has 0 unspecified atom stereocenters. The number of phenols is 2. The highest BCUT2D eigenvalue weighted by Crippen LogP contribution is 2.41. The average molecular weight is 344 g/mol. The van der Waals surface area contributed by atoms with Gasteiger partial charge in [0.2, 0.25) is 11.2 Å². The summed E-state index contributed by atoms with van der Waals surface area (Å²) in [6, 6.07) is 9.50. The van der Waals surface area contributed by atoms with E-state index in [0.717, 1.165) is 0 Å². The second-order valence-electron chi connectivity index (χ2n) is 4.73. The molecule has 3 N–H and O–H groups in total. The minimum atomic E-state index is -0.604. The maximum atomic E-state index is 12.1. The Labute approximate surface area is 146 Å². The van der Waals surface area contributed by atoms with Crippen LogP contribution in [0.2, 0.25) is 0 Å². The number of fused-ring (bicyclic) bond motifs is 1. The maximum Gasteiger partial charge on any atom is 0.235 e. The topological polar surface area (TPSA) is 90.9 Å². The van der Waals surface area contributed by atoms with Gasteiger partial charge in [-0.3, -0.25) is 4.79 Å². The first-order valence-corrected chi connectivity index (χ1v) is 8.27. The zero-order valence-corrected chi connectivity index (χ0v) is 15.1. The molecule has 0 saturated carbocycles. The molecule has 0 fully saturated rings.